The number of amides is 2. The topological polar surface area (TPSA) is 82.3 Å². The van der Waals surface area contributed by atoms with Crippen molar-refractivity contribution in [2.75, 3.05) is 39.3 Å². The summed E-state index contributed by atoms with van der Waals surface area (Å²) in [7, 11) is 0. The van der Waals surface area contributed by atoms with Crippen LogP contribution in [0.15, 0.2) is 0 Å². The Bertz CT molecular complexity index is 484. The van der Waals surface area contributed by atoms with Crippen molar-refractivity contribution < 1.29 is 9.59 Å². The standard InChI is InChI=1S/C34H70N4O2/c1-3-5-7-9-11-13-15-17-19-21-23-27-37-33(39)25-29-35-31-32-36-30-26-34(40)38-28-24-22-20-18-16-14-12-10-8-6-4-2/h35-36H,3-32H2,1-2H3,(H,37,39)(H,38,40). The number of hydrogen-bond acceptors (Lipinski definition) is 4. The van der Waals surface area contributed by atoms with Gasteiger partial charge in [0, 0.05) is 52.1 Å². The Hall–Kier alpha value is -1.14. The van der Waals surface area contributed by atoms with Gasteiger partial charge in [-0.15, -0.1) is 0 Å². The zero-order chi connectivity index (χ0) is 29.2. The van der Waals surface area contributed by atoms with E-state index in [1.54, 1.807) is 0 Å². The van der Waals surface area contributed by atoms with E-state index in [9.17, 15) is 9.59 Å². The van der Waals surface area contributed by atoms with Crippen LogP contribution in [0.4, 0.5) is 0 Å². The van der Waals surface area contributed by atoms with Gasteiger partial charge in [-0.3, -0.25) is 9.59 Å². The number of hydrogen-bond donors (Lipinski definition) is 4. The lowest BCUT2D eigenvalue weighted by molar-refractivity contribution is -0.121. The van der Waals surface area contributed by atoms with E-state index in [1.807, 2.05) is 0 Å². The van der Waals surface area contributed by atoms with Crippen LogP contribution in [0.3, 0.4) is 0 Å². The molecule has 0 aliphatic carbocycles. The van der Waals surface area contributed by atoms with Crippen molar-refractivity contribution in [1.82, 2.24) is 21.3 Å². The van der Waals surface area contributed by atoms with Gasteiger partial charge in [-0.05, 0) is 12.8 Å². The van der Waals surface area contributed by atoms with Gasteiger partial charge in [0.25, 0.3) is 0 Å². The van der Waals surface area contributed by atoms with Crippen LogP contribution in [0.5, 0.6) is 0 Å². The normalized spacial score (nSPS) is 11.2. The molecule has 6 nitrogen and oxygen atoms in total. The van der Waals surface area contributed by atoms with Crippen molar-refractivity contribution in [1.29, 1.82) is 0 Å². The second-order valence-corrected chi connectivity index (χ2v) is 11.8. The summed E-state index contributed by atoms with van der Waals surface area (Å²) < 4.78 is 0. The Morgan fingerprint density at radius 3 is 0.925 bits per heavy atom. The van der Waals surface area contributed by atoms with Crippen LogP contribution < -0.4 is 21.3 Å². The summed E-state index contributed by atoms with van der Waals surface area (Å²) in [5, 5.41) is 12.7. The maximum absolute atomic E-state index is 12.0. The molecule has 4 N–H and O–H groups in total. The van der Waals surface area contributed by atoms with Gasteiger partial charge in [-0.25, -0.2) is 0 Å². The van der Waals surface area contributed by atoms with Crippen molar-refractivity contribution in [3.05, 3.63) is 0 Å². The molecule has 0 aromatic heterocycles. The first-order valence-electron chi connectivity index (χ1n) is 17.7. The van der Waals surface area contributed by atoms with Gasteiger partial charge in [0.1, 0.15) is 0 Å². The first-order chi connectivity index (χ1) is 19.7. The van der Waals surface area contributed by atoms with Crippen molar-refractivity contribution in [2.24, 2.45) is 0 Å². The van der Waals surface area contributed by atoms with Crippen LogP contribution in [0, 0.1) is 0 Å². The second-order valence-electron chi connectivity index (χ2n) is 11.8. The summed E-state index contributed by atoms with van der Waals surface area (Å²) >= 11 is 0. The van der Waals surface area contributed by atoms with E-state index in [1.165, 1.54) is 128 Å². The number of carbonyl (C=O) groups excluding carboxylic acids is 2. The fraction of sp³-hybridized carbons (Fsp3) is 0.941. The third-order valence-electron chi connectivity index (χ3n) is 7.74. The molecule has 0 unspecified atom stereocenters. The first kappa shape index (κ1) is 38.9. The third kappa shape index (κ3) is 33.1. The van der Waals surface area contributed by atoms with Gasteiger partial charge in [-0.2, -0.15) is 0 Å². The van der Waals surface area contributed by atoms with Crippen molar-refractivity contribution in [2.45, 2.75) is 168 Å². The molecule has 0 fully saturated rings. The molecule has 0 radical (unpaired) electrons. The summed E-state index contributed by atoms with van der Waals surface area (Å²) in [6.45, 7) is 9.17. The fourth-order valence-electron chi connectivity index (χ4n) is 5.04. The van der Waals surface area contributed by atoms with Gasteiger partial charge in [0.2, 0.25) is 11.8 Å². The Morgan fingerprint density at radius 2 is 0.625 bits per heavy atom. The summed E-state index contributed by atoms with van der Waals surface area (Å²) in [6, 6.07) is 0. The highest BCUT2D eigenvalue weighted by Gasteiger charge is 2.02. The molecule has 0 aliphatic rings. The lowest BCUT2D eigenvalue weighted by Gasteiger charge is -2.08. The van der Waals surface area contributed by atoms with Gasteiger partial charge in [0.05, 0.1) is 0 Å². The molecular weight excluding hydrogens is 496 g/mol. The molecule has 0 spiro atoms. The van der Waals surface area contributed by atoms with E-state index in [0.29, 0.717) is 25.9 Å². The highest BCUT2D eigenvalue weighted by Crippen LogP contribution is 2.12. The molecule has 0 aliphatic heterocycles. The monoisotopic (exact) mass is 567 g/mol. The summed E-state index contributed by atoms with van der Waals surface area (Å²) in [5.41, 5.74) is 0. The van der Waals surface area contributed by atoms with Gasteiger partial charge < -0.3 is 21.3 Å². The molecule has 0 saturated heterocycles. The molecular formula is C34H70N4O2. The average molecular weight is 567 g/mol. The van der Waals surface area contributed by atoms with Crippen LogP contribution in [-0.2, 0) is 9.59 Å². The molecule has 0 bridgehead atoms. The second kappa shape index (κ2) is 34.1. The smallest absolute Gasteiger partial charge is 0.221 e. The number of rotatable bonds is 33. The Kier molecular flexibility index (Phi) is 33.1. The van der Waals surface area contributed by atoms with E-state index < -0.39 is 0 Å². The van der Waals surface area contributed by atoms with Crippen LogP contribution in [0.2, 0.25) is 0 Å². The lowest BCUT2D eigenvalue weighted by Crippen LogP contribution is -2.33. The Balaban J connectivity index is 3.25. The fourth-order valence-corrected chi connectivity index (χ4v) is 5.04. The highest BCUT2D eigenvalue weighted by atomic mass is 16.2. The minimum Gasteiger partial charge on any atom is -0.356 e. The summed E-state index contributed by atoms with van der Waals surface area (Å²) in [6.07, 6.45) is 30.3. The predicted molar refractivity (Wildman–Crippen MR) is 174 cm³/mol. The molecule has 6 heteroatoms. The van der Waals surface area contributed by atoms with Crippen LogP contribution >= 0.6 is 0 Å². The van der Waals surface area contributed by atoms with Gasteiger partial charge in [0.15, 0.2) is 0 Å². The van der Waals surface area contributed by atoms with Gasteiger partial charge >= 0.3 is 0 Å². The minimum absolute atomic E-state index is 0.141. The molecule has 0 aromatic rings. The zero-order valence-corrected chi connectivity index (χ0v) is 27.0. The molecule has 2 amide bonds. The molecule has 40 heavy (non-hydrogen) atoms. The van der Waals surface area contributed by atoms with E-state index >= 15 is 0 Å². The quantitative estimate of drug-likeness (QED) is 0.0611. The van der Waals surface area contributed by atoms with E-state index in [-0.39, 0.29) is 11.8 Å². The molecule has 0 saturated carbocycles. The van der Waals surface area contributed by atoms with Crippen molar-refractivity contribution in [3.8, 4) is 0 Å². The minimum atomic E-state index is 0.141. The number of unbranched alkanes of at least 4 members (excludes halogenated alkanes) is 20. The summed E-state index contributed by atoms with van der Waals surface area (Å²) in [5.74, 6) is 0.282. The number of carbonyl (C=O) groups is 2. The SMILES string of the molecule is CCCCCCCCCCCCCNC(=O)CCNCCNCCC(=O)NCCCCCCCCCCCCC. The molecule has 0 aromatic carbocycles. The van der Waals surface area contributed by atoms with Gasteiger partial charge in [-0.1, -0.05) is 142 Å². The van der Waals surface area contributed by atoms with E-state index in [2.05, 4.69) is 35.1 Å². The predicted octanol–water partition coefficient (Wildman–Crippen LogP) is 7.80. The van der Waals surface area contributed by atoms with Crippen LogP contribution in [-0.4, -0.2) is 51.1 Å². The molecule has 0 atom stereocenters. The summed E-state index contributed by atoms with van der Waals surface area (Å²) in [4.78, 5) is 23.9. The molecule has 238 valence electrons. The first-order valence-corrected chi connectivity index (χ1v) is 17.7. The largest absolute Gasteiger partial charge is 0.356 e. The Morgan fingerprint density at radius 1 is 0.350 bits per heavy atom. The van der Waals surface area contributed by atoms with Crippen molar-refractivity contribution >= 4 is 11.8 Å². The lowest BCUT2D eigenvalue weighted by atomic mass is 10.1. The van der Waals surface area contributed by atoms with E-state index in [4.69, 9.17) is 0 Å². The zero-order valence-electron chi connectivity index (χ0n) is 27.0. The maximum Gasteiger partial charge on any atom is 0.221 e. The highest BCUT2D eigenvalue weighted by molar-refractivity contribution is 5.76. The average Bonchev–Trinajstić information content (AvgIpc) is 2.95. The number of nitrogens with one attached hydrogen (secondary N) is 4. The third-order valence-corrected chi connectivity index (χ3v) is 7.74. The van der Waals surface area contributed by atoms with Crippen LogP contribution in [0.25, 0.3) is 0 Å². The molecule has 0 rings (SSSR count). The molecule has 0 heterocycles. The van der Waals surface area contributed by atoms with Crippen molar-refractivity contribution in [3.63, 3.8) is 0 Å². The van der Waals surface area contributed by atoms with E-state index in [0.717, 1.165) is 39.0 Å². The maximum atomic E-state index is 12.0. The Labute approximate surface area is 249 Å². The van der Waals surface area contributed by atoms with Crippen LogP contribution in [0.1, 0.15) is 168 Å².